The Balaban J connectivity index is 1.43. The van der Waals surface area contributed by atoms with Gasteiger partial charge < -0.3 is 10.4 Å². The van der Waals surface area contributed by atoms with Crippen LogP contribution in [0.1, 0.15) is 21.9 Å². The number of halogens is 4. The Bertz CT molecular complexity index is 1820. The molecule has 14 heteroatoms. The van der Waals surface area contributed by atoms with Gasteiger partial charge in [0.2, 0.25) is 17.7 Å². The summed E-state index contributed by atoms with van der Waals surface area (Å²) < 4.78 is 56.7. The highest BCUT2D eigenvalue weighted by atomic mass is 32.2. The molecule has 2 aliphatic heterocycles. The molecular weight excluding hydrogens is 610 g/mol. The minimum absolute atomic E-state index is 0.0124. The lowest BCUT2D eigenvalue weighted by Crippen LogP contribution is -2.33. The molecular formula is C29H19F4N3O5S2. The summed E-state index contributed by atoms with van der Waals surface area (Å²) >= 11 is 1.59. The van der Waals surface area contributed by atoms with Gasteiger partial charge in [0.1, 0.15) is 23.4 Å². The number of aromatic hydroxyl groups is 1. The van der Waals surface area contributed by atoms with E-state index < -0.39 is 69.5 Å². The lowest BCUT2D eigenvalue weighted by Gasteiger charge is -2.30. The first kappa shape index (κ1) is 28.7. The lowest BCUT2D eigenvalue weighted by atomic mass is 9.83. The van der Waals surface area contributed by atoms with E-state index in [0.29, 0.717) is 21.0 Å². The minimum Gasteiger partial charge on any atom is -0.508 e. The fourth-order valence-electron chi connectivity index (χ4n) is 5.32. The van der Waals surface area contributed by atoms with Crippen molar-refractivity contribution < 1.29 is 37.1 Å². The summed E-state index contributed by atoms with van der Waals surface area (Å²) in [4.78, 5) is 54.0. The third-order valence-corrected chi connectivity index (χ3v) is 9.79. The predicted molar refractivity (Wildman–Crippen MR) is 151 cm³/mol. The van der Waals surface area contributed by atoms with Crippen molar-refractivity contribution in [2.75, 3.05) is 10.2 Å². The number of para-hydroxylation sites is 1. The number of phenols is 1. The maximum absolute atomic E-state index is 13.9. The van der Waals surface area contributed by atoms with E-state index in [9.17, 15) is 41.8 Å². The van der Waals surface area contributed by atoms with Crippen LogP contribution in [0.2, 0.25) is 0 Å². The summed E-state index contributed by atoms with van der Waals surface area (Å²) in [7, 11) is 0. The van der Waals surface area contributed by atoms with E-state index in [-0.39, 0.29) is 10.8 Å². The summed E-state index contributed by atoms with van der Waals surface area (Å²) in [6.07, 6.45) is -4.85. The second-order valence-electron chi connectivity index (χ2n) is 9.84. The Hall–Kier alpha value is -4.43. The number of carbonyl (C=O) groups excluding carboxylic acids is 3. The number of phenolic OH excluding ortho intramolecular Hbond substituents is 1. The van der Waals surface area contributed by atoms with Crippen LogP contribution in [0.15, 0.2) is 82.6 Å². The van der Waals surface area contributed by atoms with Gasteiger partial charge in [0.25, 0.3) is 0 Å². The summed E-state index contributed by atoms with van der Waals surface area (Å²) in [6.45, 7) is -0.463. The lowest BCUT2D eigenvalue weighted by molar-refractivity contribution is -0.137. The number of imide groups is 1. The fraction of sp³-hybridized carbons (Fsp3) is 0.172. The van der Waals surface area contributed by atoms with Gasteiger partial charge in [0, 0.05) is 16.5 Å². The van der Waals surface area contributed by atoms with E-state index >= 15 is 0 Å². The van der Waals surface area contributed by atoms with Crippen LogP contribution >= 0.6 is 23.1 Å². The van der Waals surface area contributed by atoms with E-state index in [0.717, 1.165) is 58.0 Å². The first-order chi connectivity index (χ1) is 20.4. The van der Waals surface area contributed by atoms with Crippen molar-refractivity contribution >= 4 is 52.2 Å². The average molecular weight is 630 g/mol. The Morgan fingerprint density at radius 2 is 1.60 bits per heavy atom. The molecule has 3 atom stereocenters. The maximum Gasteiger partial charge on any atom is 0.418 e. The van der Waals surface area contributed by atoms with Gasteiger partial charge in [-0.2, -0.15) is 13.2 Å². The Morgan fingerprint density at radius 3 is 2.28 bits per heavy atom. The minimum atomic E-state index is -4.85. The molecule has 0 bridgehead atoms. The summed E-state index contributed by atoms with van der Waals surface area (Å²) in [5.74, 6) is -5.12. The molecule has 8 nitrogen and oxygen atoms in total. The summed E-state index contributed by atoms with van der Waals surface area (Å²) in [5, 5.41) is 11.1. The fourth-order valence-corrected chi connectivity index (χ4v) is 8.09. The zero-order valence-corrected chi connectivity index (χ0v) is 23.3. The normalized spacial score (nSPS) is 19.7. The number of thiazole rings is 1. The molecule has 4 aromatic rings. The standard InChI is InChI=1S/C29H19F4N3O5S2/c30-15-7-5-14(6-8-15)21-22-23(26(40)36(25(22)39)19-4-2-1-3-18(19)29(31,32)33)42-27-24(21)43-28(41)35(27)13-20(38)34-16-9-11-17(37)12-10-16/h1-12,21-23,37H,13H2,(H,34,38)/t21-,22?,23?/m1/s1. The Kier molecular flexibility index (Phi) is 7.13. The number of carbonyl (C=O) groups is 3. The topological polar surface area (TPSA) is 109 Å². The monoisotopic (exact) mass is 629 g/mol. The molecule has 2 N–H and O–H groups in total. The molecule has 1 fully saturated rings. The number of amides is 3. The molecule has 3 amide bonds. The number of nitrogens with one attached hydrogen (secondary N) is 1. The highest BCUT2D eigenvalue weighted by molar-refractivity contribution is 8.00. The van der Waals surface area contributed by atoms with Crippen molar-refractivity contribution in [2.45, 2.75) is 28.9 Å². The number of alkyl halides is 3. The second kappa shape index (κ2) is 10.7. The quantitative estimate of drug-likeness (QED) is 0.178. The smallest absolute Gasteiger partial charge is 0.418 e. The van der Waals surface area contributed by atoms with E-state index in [4.69, 9.17) is 0 Å². The van der Waals surface area contributed by atoms with Gasteiger partial charge in [-0.15, -0.1) is 0 Å². The summed E-state index contributed by atoms with van der Waals surface area (Å²) in [5.41, 5.74) is -1.03. The number of fused-ring (bicyclic) bond motifs is 2. The van der Waals surface area contributed by atoms with E-state index in [1.807, 2.05) is 0 Å². The van der Waals surface area contributed by atoms with Crippen molar-refractivity contribution in [3.8, 4) is 5.75 Å². The number of hydrogen-bond acceptors (Lipinski definition) is 7. The van der Waals surface area contributed by atoms with Gasteiger partial charge in [-0.05, 0) is 54.1 Å². The number of aromatic nitrogens is 1. The van der Waals surface area contributed by atoms with E-state index in [1.54, 1.807) is 0 Å². The van der Waals surface area contributed by atoms with Crippen LogP contribution in [0.3, 0.4) is 0 Å². The Labute approximate surface area is 248 Å². The van der Waals surface area contributed by atoms with E-state index in [2.05, 4.69) is 5.32 Å². The van der Waals surface area contributed by atoms with Crippen LogP contribution < -0.4 is 15.1 Å². The Morgan fingerprint density at radius 1 is 0.930 bits per heavy atom. The molecule has 0 radical (unpaired) electrons. The number of thioether (sulfide) groups is 1. The van der Waals surface area contributed by atoms with E-state index in [1.165, 1.54) is 42.5 Å². The SMILES string of the molecule is O=C(Cn1c2c(sc1=O)[C@H](c1ccc(F)cc1)C1C(=O)N(c3ccccc3C(F)(F)F)C(=O)C1S2)Nc1ccc(O)cc1. The van der Waals surface area contributed by atoms with Crippen LogP contribution in [0, 0.1) is 11.7 Å². The molecule has 0 saturated carbocycles. The van der Waals surface area contributed by atoms with Gasteiger partial charge in [0.05, 0.1) is 22.2 Å². The highest BCUT2D eigenvalue weighted by Crippen LogP contribution is 2.54. The van der Waals surface area contributed by atoms with Gasteiger partial charge in [-0.1, -0.05) is 47.4 Å². The molecule has 2 aliphatic rings. The van der Waals surface area contributed by atoms with Crippen molar-refractivity contribution in [1.82, 2.24) is 4.57 Å². The van der Waals surface area contributed by atoms with Crippen LogP contribution in [-0.4, -0.2) is 32.6 Å². The number of rotatable bonds is 5. The third kappa shape index (κ3) is 5.10. The first-order valence-electron chi connectivity index (χ1n) is 12.7. The van der Waals surface area contributed by atoms with Crippen molar-refractivity contribution in [3.05, 3.63) is 104 Å². The molecule has 3 aromatic carbocycles. The van der Waals surface area contributed by atoms with Gasteiger partial charge >= 0.3 is 11.0 Å². The van der Waals surface area contributed by atoms with Gasteiger partial charge in [-0.25, -0.2) is 9.29 Å². The van der Waals surface area contributed by atoms with Crippen molar-refractivity contribution in [3.63, 3.8) is 0 Å². The highest BCUT2D eigenvalue weighted by Gasteiger charge is 2.57. The largest absolute Gasteiger partial charge is 0.508 e. The third-order valence-electron chi connectivity index (χ3n) is 7.18. The van der Waals surface area contributed by atoms with Crippen molar-refractivity contribution in [2.24, 2.45) is 5.92 Å². The zero-order chi connectivity index (χ0) is 30.6. The average Bonchev–Trinajstić information content (AvgIpc) is 3.40. The van der Waals surface area contributed by atoms with Gasteiger partial charge in [0.15, 0.2) is 0 Å². The molecule has 1 saturated heterocycles. The number of nitrogens with zero attached hydrogens (tertiary/aromatic N) is 2. The summed E-state index contributed by atoms with van der Waals surface area (Å²) in [6, 6.07) is 15.0. The molecule has 2 unspecified atom stereocenters. The molecule has 220 valence electrons. The molecule has 43 heavy (non-hydrogen) atoms. The molecule has 1 aromatic heterocycles. The number of anilines is 2. The van der Waals surface area contributed by atoms with Crippen LogP contribution in [0.5, 0.6) is 5.75 Å². The predicted octanol–water partition coefficient (Wildman–Crippen LogP) is 5.21. The first-order valence-corrected chi connectivity index (χ1v) is 14.4. The molecule has 3 heterocycles. The van der Waals surface area contributed by atoms with Crippen LogP contribution in [0.4, 0.5) is 28.9 Å². The zero-order valence-electron chi connectivity index (χ0n) is 21.7. The van der Waals surface area contributed by atoms with Crippen LogP contribution in [0.25, 0.3) is 0 Å². The maximum atomic E-state index is 13.9. The molecule has 6 rings (SSSR count). The van der Waals surface area contributed by atoms with Gasteiger partial charge in [-0.3, -0.25) is 23.7 Å². The van der Waals surface area contributed by atoms with Crippen molar-refractivity contribution in [1.29, 1.82) is 0 Å². The molecule has 0 aliphatic carbocycles. The number of benzene rings is 3. The second-order valence-corrected chi connectivity index (χ2v) is 12.0. The number of hydrogen-bond donors (Lipinski definition) is 2. The van der Waals surface area contributed by atoms with Crippen LogP contribution in [-0.2, 0) is 27.1 Å². The molecule has 0 spiro atoms.